The molecule has 241 valence electrons. The summed E-state index contributed by atoms with van der Waals surface area (Å²) in [6.45, 7) is 21.4. The number of methoxy groups -OCH3 is 3. The minimum atomic E-state index is -1.25. The molecular formula is C36H49Cl3O3SiTi-. The Morgan fingerprint density at radius 1 is 0.523 bits per heavy atom. The van der Waals surface area contributed by atoms with Crippen molar-refractivity contribution in [3.8, 4) is 17.2 Å². The second kappa shape index (κ2) is 19.1. The number of allylic oxidation sites excluding steroid dienone is 4. The van der Waals surface area contributed by atoms with Crippen LogP contribution in [0.5, 0.6) is 17.2 Å². The Morgan fingerprint density at radius 3 is 0.909 bits per heavy atom. The van der Waals surface area contributed by atoms with Crippen LogP contribution in [-0.4, -0.2) is 30.1 Å². The Balaban J connectivity index is 0. The van der Waals surface area contributed by atoms with E-state index in [2.05, 4.69) is 112 Å². The van der Waals surface area contributed by atoms with Crippen LogP contribution in [0.1, 0.15) is 61.1 Å². The number of hydrogen-bond acceptors (Lipinski definition) is 3. The maximum Gasteiger partial charge on any atom is 0.154 e. The summed E-state index contributed by atoms with van der Waals surface area (Å²) >= 11 is 0. The molecule has 0 fully saturated rings. The fourth-order valence-corrected chi connectivity index (χ4v) is 9.08. The smallest absolute Gasteiger partial charge is 0.154 e. The van der Waals surface area contributed by atoms with E-state index in [9.17, 15) is 0 Å². The Labute approximate surface area is 302 Å². The van der Waals surface area contributed by atoms with Crippen molar-refractivity contribution in [3.05, 3.63) is 92.6 Å². The predicted octanol–water partition coefficient (Wildman–Crippen LogP) is 8.06. The number of halogens is 3. The van der Waals surface area contributed by atoms with E-state index in [0.29, 0.717) is 5.92 Å². The van der Waals surface area contributed by atoms with E-state index in [1.807, 2.05) is 0 Å². The van der Waals surface area contributed by atoms with Gasteiger partial charge in [-0.05, 0) is 90.5 Å². The van der Waals surface area contributed by atoms with Crippen LogP contribution in [0, 0.1) is 53.5 Å². The third-order valence-corrected chi connectivity index (χ3v) is 10.7. The van der Waals surface area contributed by atoms with Crippen molar-refractivity contribution in [2.75, 3.05) is 21.3 Å². The van der Waals surface area contributed by atoms with Gasteiger partial charge in [0.15, 0.2) is 8.80 Å². The Hall–Kier alpha value is -1.66. The van der Waals surface area contributed by atoms with Gasteiger partial charge in [0.1, 0.15) is 17.2 Å². The van der Waals surface area contributed by atoms with Crippen molar-refractivity contribution >= 4 is 61.6 Å². The van der Waals surface area contributed by atoms with Gasteiger partial charge in [0, 0.05) is 21.7 Å². The molecule has 3 nitrogen and oxygen atoms in total. The number of benzene rings is 3. The quantitative estimate of drug-likeness (QED) is 0.147. The van der Waals surface area contributed by atoms with Crippen molar-refractivity contribution in [2.24, 2.45) is 5.92 Å². The van der Waals surface area contributed by atoms with Gasteiger partial charge < -0.3 is 14.2 Å². The molecule has 0 N–H and O–H groups in total. The van der Waals surface area contributed by atoms with E-state index in [1.54, 1.807) is 21.3 Å². The van der Waals surface area contributed by atoms with Crippen molar-refractivity contribution in [3.63, 3.8) is 0 Å². The molecule has 3 aromatic rings. The summed E-state index contributed by atoms with van der Waals surface area (Å²) in [5, 5.41) is 4.07. The van der Waals surface area contributed by atoms with Crippen molar-refractivity contribution in [1.29, 1.82) is 0 Å². The molecule has 0 aromatic heterocycles. The van der Waals surface area contributed by atoms with Crippen molar-refractivity contribution in [2.45, 2.75) is 69.2 Å². The minimum absolute atomic E-state index is 0. The summed E-state index contributed by atoms with van der Waals surface area (Å²) in [6, 6.07) is 13.8. The van der Waals surface area contributed by atoms with Crippen LogP contribution in [-0.2, 0) is 21.7 Å². The maximum absolute atomic E-state index is 5.64. The molecule has 0 aliphatic heterocycles. The van der Waals surface area contributed by atoms with Crippen LogP contribution in [0.3, 0.4) is 0 Å². The normalized spacial score (nSPS) is 13.3. The number of rotatable bonds is 6. The molecule has 0 spiro atoms. The molecule has 0 bridgehead atoms. The van der Waals surface area contributed by atoms with Gasteiger partial charge in [-0.15, -0.1) is 44.1 Å². The molecule has 0 saturated heterocycles. The fraction of sp³-hybridized carbons (Fsp3) is 0.389. The summed E-state index contributed by atoms with van der Waals surface area (Å²) < 4.78 is 16.9. The van der Waals surface area contributed by atoms with E-state index in [4.69, 9.17) is 14.2 Å². The molecule has 44 heavy (non-hydrogen) atoms. The number of ether oxygens (including phenoxy) is 3. The summed E-state index contributed by atoms with van der Waals surface area (Å²) in [7, 11) is 3.98. The largest absolute Gasteiger partial charge is 0.496 e. The first kappa shape index (κ1) is 44.5. The Morgan fingerprint density at radius 2 is 0.773 bits per heavy atom. The van der Waals surface area contributed by atoms with E-state index in [-0.39, 0.29) is 58.9 Å². The fourth-order valence-electron chi connectivity index (χ4n) is 5.91. The van der Waals surface area contributed by atoms with Gasteiger partial charge >= 0.3 is 0 Å². The Bertz CT molecular complexity index is 1270. The first-order chi connectivity index (χ1) is 18.8. The number of hydrogen-bond donors (Lipinski definition) is 0. The van der Waals surface area contributed by atoms with Gasteiger partial charge in [-0.1, -0.05) is 63.1 Å². The van der Waals surface area contributed by atoms with Gasteiger partial charge in [-0.25, -0.2) is 5.57 Å². The van der Waals surface area contributed by atoms with Gasteiger partial charge in [-0.3, -0.25) is 6.08 Å². The van der Waals surface area contributed by atoms with E-state index in [1.165, 1.54) is 65.7 Å². The molecule has 8 heteroatoms. The van der Waals surface area contributed by atoms with Crippen molar-refractivity contribution in [1.82, 2.24) is 0 Å². The van der Waals surface area contributed by atoms with Crippen LogP contribution in [0.15, 0.2) is 53.1 Å². The first-order valence-electron chi connectivity index (χ1n) is 14.0. The topological polar surface area (TPSA) is 27.7 Å². The molecule has 1 atom stereocenters. The average molecular weight is 712 g/mol. The standard InChI is InChI=1S/C27H33O3Si.C9H13.3ClH.Ti/c1-16-10-22(11-17(2)25(16)28-7)31(23-12-18(3)26(29-8)19(4)13-23)24-14-20(5)27(30-9)21(6)15-24;1-6-5-7(2)9(4)8(6)3;;;;/h10-15H,1-9H3;6H,1-4H3;3*1H;/q;-1;;;;. The molecule has 1 aliphatic carbocycles. The van der Waals surface area contributed by atoms with Crippen LogP contribution >= 0.6 is 37.2 Å². The zero-order valence-corrected chi connectivity index (χ0v) is 33.5. The van der Waals surface area contributed by atoms with Crippen LogP contribution in [0.2, 0.25) is 0 Å². The maximum atomic E-state index is 5.64. The van der Waals surface area contributed by atoms with Crippen LogP contribution in [0.4, 0.5) is 0 Å². The molecule has 1 aliphatic rings. The second-order valence-corrected chi connectivity index (χ2v) is 13.6. The molecule has 3 aromatic carbocycles. The monoisotopic (exact) mass is 710 g/mol. The molecule has 0 amide bonds. The Kier molecular flexibility index (Phi) is 19.3. The SMILES string of the molecule is CC1=[C-]C(C)C(C)=C1C.COc1c(C)cc([Si](c2cc(C)c(OC)c(C)c2)c2cc(C)c(OC)c(C)c2)cc1C.Cl.Cl.Cl.[Ti]. The van der Waals surface area contributed by atoms with Gasteiger partial charge in [0.05, 0.1) is 21.3 Å². The van der Waals surface area contributed by atoms with Crippen LogP contribution in [0.25, 0.3) is 0 Å². The van der Waals surface area contributed by atoms with E-state index < -0.39 is 8.80 Å². The zero-order chi connectivity index (χ0) is 29.9. The van der Waals surface area contributed by atoms with Crippen LogP contribution < -0.4 is 29.8 Å². The first-order valence-corrected chi connectivity index (χ1v) is 15.5. The molecule has 1 unspecified atom stereocenters. The zero-order valence-electron chi connectivity index (χ0n) is 28.5. The third-order valence-electron chi connectivity index (χ3n) is 8.10. The second-order valence-electron chi connectivity index (χ2n) is 11.1. The van der Waals surface area contributed by atoms with Gasteiger partial charge in [0.2, 0.25) is 0 Å². The summed E-state index contributed by atoms with van der Waals surface area (Å²) in [4.78, 5) is 0. The molecule has 4 rings (SSSR count). The van der Waals surface area contributed by atoms with Gasteiger partial charge in [-0.2, -0.15) is 11.1 Å². The average Bonchev–Trinajstić information content (AvgIpc) is 3.09. The third kappa shape index (κ3) is 9.67. The molecule has 1 radical (unpaired) electrons. The van der Waals surface area contributed by atoms with E-state index >= 15 is 0 Å². The van der Waals surface area contributed by atoms with E-state index in [0.717, 1.165) is 17.2 Å². The van der Waals surface area contributed by atoms with Crippen molar-refractivity contribution < 1.29 is 35.9 Å². The molecule has 0 saturated carbocycles. The molecule has 0 heterocycles. The molecular weight excluding hydrogens is 663 g/mol. The summed E-state index contributed by atoms with van der Waals surface area (Å²) in [5.41, 5.74) is 11.3. The number of aryl methyl sites for hydroxylation is 6. The summed E-state index contributed by atoms with van der Waals surface area (Å²) in [6.07, 6.45) is 3.36. The predicted molar refractivity (Wildman–Crippen MR) is 194 cm³/mol. The summed E-state index contributed by atoms with van der Waals surface area (Å²) in [5.74, 6) is 3.46. The minimum Gasteiger partial charge on any atom is -0.496 e. The van der Waals surface area contributed by atoms with Gasteiger partial charge in [0.25, 0.3) is 0 Å².